The molecule has 19 heavy (non-hydrogen) atoms. The van der Waals surface area contributed by atoms with Gasteiger partial charge in [-0.25, -0.2) is 24.2 Å². The molecule has 1 aromatic rings. The van der Waals surface area contributed by atoms with E-state index in [1.807, 2.05) is 13.8 Å². The minimum Gasteiger partial charge on any atom is -0.363 e. The lowest BCUT2D eigenvalue weighted by Crippen LogP contribution is -2.36. The van der Waals surface area contributed by atoms with E-state index in [1.165, 1.54) is 0 Å². The van der Waals surface area contributed by atoms with Crippen LogP contribution >= 0.6 is 0 Å². The average Bonchev–Trinajstić information content (AvgIpc) is 2.57. The van der Waals surface area contributed by atoms with Crippen LogP contribution in [0.2, 0.25) is 0 Å². The molecule has 8 heteroatoms. The summed E-state index contributed by atoms with van der Waals surface area (Å²) in [7, 11) is -2.96. The molecule has 0 saturated carbocycles. The van der Waals surface area contributed by atoms with Crippen molar-refractivity contribution in [2.75, 3.05) is 22.2 Å². The summed E-state index contributed by atoms with van der Waals surface area (Å²) in [5.41, 5.74) is 2.81. The monoisotopic (exact) mass is 285 g/mol. The second kappa shape index (κ2) is 4.61. The van der Waals surface area contributed by atoms with Gasteiger partial charge >= 0.3 is 0 Å². The molecule has 0 aromatic carbocycles. The molecule has 2 rings (SSSR count). The van der Waals surface area contributed by atoms with Gasteiger partial charge in [0.1, 0.15) is 17.5 Å². The third-order valence-corrected chi connectivity index (χ3v) is 5.22. The zero-order valence-electron chi connectivity index (χ0n) is 11.3. The first-order chi connectivity index (χ1) is 8.75. The molecule has 0 spiro atoms. The van der Waals surface area contributed by atoms with Crippen molar-refractivity contribution in [2.24, 2.45) is 5.84 Å². The standard InChI is InChI=1S/C11H19N5O2S/c1-7-9(13-8(2)14-10(7)16-12)15-11(3)4-5-19(17,18)6-11/h4-6,12H2,1-3H3,(H2,13,14,15,16). The number of hydrogen-bond acceptors (Lipinski definition) is 7. The molecule has 1 aromatic heterocycles. The van der Waals surface area contributed by atoms with Gasteiger partial charge in [0.15, 0.2) is 9.84 Å². The normalized spacial score (nSPS) is 25.3. The van der Waals surface area contributed by atoms with Crippen molar-refractivity contribution < 1.29 is 8.42 Å². The average molecular weight is 285 g/mol. The maximum absolute atomic E-state index is 11.6. The quantitative estimate of drug-likeness (QED) is 0.543. The fourth-order valence-electron chi connectivity index (χ4n) is 2.29. The third-order valence-electron chi connectivity index (χ3n) is 3.32. The van der Waals surface area contributed by atoms with E-state index in [2.05, 4.69) is 20.7 Å². The summed E-state index contributed by atoms with van der Waals surface area (Å²) in [5.74, 6) is 7.48. The maximum atomic E-state index is 11.6. The van der Waals surface area contributed by atoms with Crippen LogP contribution in [0.5, 0.6) is 0 Å². The van der Waals surface area contributed by atoms with Crippen molar-refractivity contribution in [1.82, 2.24) is 9.97 Å². The van der Waals surface area contributed by atoms with E-state index in [4.69, 9.17) is 5.84 Å². The van der Waals surface area contributed by atoms with Gasteiger partial charge in [-0.1, -0.05) is 0 Å². The van der Waals surface area contributed by atoms with Gasteiger partial charge in [0.25, 0.3) is 0 Å². The molecular formula is C11H19N5O2S. The molecule has 106 valence electrons. The van der Waals surface area contributed by atoms with Crippen LogP contribution in [0.15, 0.2) is 0 Å². The molecule has 1 aliphatic heterocycles. The van der Waals surface area contributed by atoms with Gasteiger partial charge in [-0.05, 0) is 27.2 Å². The lowest BCUT2D eigenvalue weighted by Gasteiger charge is -2.26. The van der Waals surface area contributed by atoms with Crippen LogP contribution in [0.1, 0.15) is 24.7 Å². The number of anilines is 2. The molecule has 0 aliphatic carbocycles. The zero-order chi connectivity index (χ0) is 14.3. The number of aryl methyl sites for hydroxylation is 1. The first-order valence-electron chi connectivity index (χ1n) is 6.05. The van der Waals surface area contributed by atoms with Crippen LogP contribution in [-0.4, -0.2) is 35.4 Å². The van der Waals surface area contributed by atoms with Crippen molar-refractivity contribution >= 4 is 21.5 Å². The van der Waals surface area contributed by atoms with E-state index in [0.717, 1.165) is 5.56 Å². The molecular weight excluding hydrogens is 266 g/mol. The molecule has 7 nitrogen and oxygen atoms in total. The summed E-state index contributed by atoms with van der Waals surface area (Å²) in [4.78, 5) is 8.50. The Morgan fingerprint density at radius 1 is 1.26 bits per heavy atom. The fourth-order valence-corrected chi connectivity index (χ4v) is 4.38. The van der Waals surface area contributed by atoms with Crippen LogP contribution < -0.4 is 16.6 Å². The number of nitrogens with two attached hydrogens (primary N) is 1. The van der Waals surface area contributed by atoms with Crippen LogP contribution in [0.25, 0.3) is 0 Å². The lowest BCUT2D eigenvalue weighted by atomic mass is 10.0. The van der Waals surface area contributed by atoms with Crippen molar-refractivity contribution in [3.63, 3.8) is 0 Å². The van der Waals surface area contributed by atoms with E-state index >= 15 is 0 Å². The van der Waals surface area contributed by atoms with Crippen molar-refractivity contribution in [2.45, 2.75) is 32.7 Å². The Balaban J connectivity index is 2.32. The second-order valence-electron chi connectivity index (χ2n) is 5.27. The minimum absolute atomic E-state index is 0.119. The second-order valence-corrected chi connectivity index (χ2v) is 7.45. The highest BCUT2D eigenvalue weighted by atomic mass is 32.2. The molecule has 0 amide bonds. The lowest BCUT2D eigenvalue weighted by molar-refractivity contribution is 0.571. The SMILES string of the molecule is Cc1nc(NN)c(C)c(NC2(C)CCS(=O)(=O)C2)n1. The highest BCUT2D eigenvalue weighted by Crippen LogP contribution is 2.29. The van der Waals surface area contributed by atoms with Gasteiger partial charge < -0.3 is 10.7 Å². The summed E-state index contributed by atoms with van der Waals surface area (Å²) in [6.07, 6.45) is 0.573. The number of hydrogen-bond donors (Lipinski definition) is 3. The molecule has 2 heterocycles. The topological polar surface area (TPSA) is 110 Å². The Hall–Kier alpha value is -1.41. The Morgan fingerprint density at radius 2 is 1.89 bits per heavy atom. The summed E-state index contributed by atoms with van der Waals surface area (Å²) >= 11 is 0. The molecule has 1 atom stereocenters. The number of nitrogens with zero attached hydrogens (tertiary/aromatic N) is 2. The van der Waals surface area contributed by atoms with Crippen LogP contribution in [0.3, 0.4) is 0 Å². The Kier molecular flexibility index (Phi) is 3.40. The number of nitrogen functional groups attached to an aromatic ring is 1. The number of hydrazine groups is 1. The zero-order valence-corrected chi connectivity index (χ0v) is 12.1. The van der Waals surface area contributed by atoms with E-state index in [0.29, 0.717) is 23.9 Å². The van der Waals surface area contributed by atoms with E-state index in [9.17, 15) is 8.42 Å². The molecule has 0 bridgehead atoms. The first kappa shape index (κ1) is 14.0. The largest absolute Gasteiger partial charge is 0.363 e. The number of rotatable bonds is 3. The van der Waals surface area contributed by atoms with E-state index < -0.39 is 15.4 Å². The van der Waals surface area contributed by atoms with E-state index in [-0.39, 0.29) is 11.5 Å². The van der Waals surface area contributed by atoms with Gasteiger partial charge in [0.2, 0.25) is 0 Å². The van der Waals surface area contributed by atoms with Crippen LogP contribution in [0.4, 0.5) is 11.6 Å². The first-order valence-corrected chi connectivity index (χ1v) is 7.87. The predicted molar refractivity (Wildman–Crippen MR) is 74.6 cm³/mol. The molecule has 1 saturated heterocycles. The Morgan fingerprint density at radius 3 is 2.42 bits per heavy atom. The summed E-state index contributed by atoms with van der Waals surface area (Å²) in [5, 5.41) is 3.23. The number of aromatic nitrogens is 2. The Bertz CT molecular complexity index is 601. The number of sulfone groups is 1. The summed E-state index contributed by atoms with van der Waals surface area (Å²) < 4.78 is 23.2. The maximum Gasteiger partial charge on any atom is 0.152 e. The highest BCUT2D eigenvalue weighted by Gasteiger charge is 2.38. The molecule has 4 N–H and O–H groups in total. The van der Waals surface area contributed by atoms with Crippen molar-refractivity contribution in [3.05, 3.63) is 11.4 Å². The van der Waals surface area contributed by atoms with Gasteiger partial charge in [-0.3, -0.25) is 0 Å². The molecule has 1 fully saturated rings. The van der Waals surface area contributed by atoms with Gasteiger partial charge in [-0.2, -0.15) is 0 Å². The summed E-state index contributed by atoms with van der Waals surface area (Å²) in [6, 6.07) is 0. The number of nitrogens with one attached hydrogen (secondary N) is 2. The van der Waals surface area contributed by atoms with Gasteiger partial charge in [0.05, 0.1) is 17.0 Å². The third kappa shape index (κ3) is 2.95. The Labute approximate surface area is 112 Å². The van der Waals surface area contributed by atoms with Gasteiger partial charge in [-0.15, -0.1) is 0 Å². The highest BCUT2D eigenvalue weighted by molar-refractivity contribution is 7.91. The molecule has 1 unspecified atom stereocenters. The molecule has 1 aliphatic rings. The fraction of sp³-hybridized carbons (Fsp3) is 0.636. The van der Waals surface area contributed by atoms with E-state index in [1.54, 1.807) is 6.92 Å². The van der Waals surface area contributed by atoms with Crippen molar-refractivity contribution in [1.29, 1.82) is 0 Å². The molecule has 0 radical (unpaired) electrons. The van der Waals surface area contributed by atoms with Crippen LogP contribution in [0, 0.1) is 13.8 Å². The smallest absolute Gasteiger partial charge is 0.152 e. The minimum atomic E-state index is -2.96. The van der Waals surface area contributed by atoms with Crippen LogP contribution in [-0.2, 0) is 9.84 Å². The van der Waals surface area contributed by atoms with Gasteiger partial charge in [0, 0.05) is 5.56 Å². The summed E-state index contributed by atoms with van der Waals surface area (Å²) in [6.45, 7) is 5.49. The predicted octanol–water partition coefficient (Wildman–Crippen LogP) is 0.368. The van der Waals surface area contributed by atoms with Crippen molar-refractivity contribution in [3.8, 4) is 0 Å².